The number of imidazole rings is 1. The first-order chi connectivity index (χ1) is 17.7. The second kappa shape index (κ2) is 10.1. The van der Waals surface area contributed by atoms with E-state index < -0.39 is 12.6 Å². The van der Waals surface area contributed by atoms with E-state index in [-0.39, 0.29) is 24.3 Å². The van der Waals surface area contributed by atoms with E-state index in [2.05, 4.69) is 15.6 Å². The largest absolute Gasteiger partial charge is 0.390 e. The van der Waals surface area contributed by atoms with Gasteiger partial charge in [0.25, 0.3) is 5.91 Å². The number of aryl methyl sites for hydroxylation is 1. The summed E-state index contributed by atoms with van der Waals surface area (Å²) in [6.07, 6.45) is 0.200. The Labute approximate surface area is 215 Å². The lowest BCUT2D eigenvalue weighted by atomic mass is 10.0. The van der Waals surface area contributed by atoms with Crippen molar-refractivity contribution in [2.45, 2.75) is 48.2 Å². The predicted molar refractivity (Wildman–Crippen MR) is 136 cm³/mol. The van der Waals surface area contributed by atoms with Crippen LogP contribution in [0.25, 0.3) is 16.9 Å². The van der Waals surface area contributed by atoms with Gasteiger partial charge in [-0.1, -0.05) is 23.9 Å². The number of nitrogens with one attached hydrogen (secondary N) is 2. The summed E-state index contributed by atoms with van der Waals surface area (Å²) in [5.41, 5.74) is 3.83. The normalized spacial score (nSPS) is 13.6. The number of aromatic nitrogens is 2. The summed E-state index contributed by atoms with van der Waals surface area (Å²) in [6.45, 7) is 1.56. The molecule has 5 rings (SSSR count). The Morgan fingerprint density at radius 1 is 1.14 bits per heavy atom. The number of anilines is 1. The van der Waals surface area contributed by atoms with Gasteiger partial charge in [-0.2, -0.15) is 13.2 Å². The van der Waals surface area contributed by atoms with E-state index in [1.807, 2.05) is 25.3 Å². The van der Waals surface area contributed by atoms with Gasteiger partial charge >= 0.3 is 6.18 Å². The second-order valence-corrected chi connectivity index (χ2v) is 10.2. The molecule has 0 saturated heterocycles. The Morgan fingerprint density at radius 3 is 2.65 bits per heavy atom. The van der Waals surface area contributed by atoms with Crippen LogP contribution < -0.4 is 10.6 Å². The topological polar surface area (TPSA) is 58.4 Å². The number of hydrogen-bond acceptors (Lipinski definition) is 4. The molecule has 192 valence electrons. The monoisotopic (exact) mass is 528 g/mol. The standard InChI is InChI=1S/C27H24F4N4OS/c1-16-11-17(5-8-22(16)26(36)34-19-6-7-19)24-14-33-25-23(32-10-9-27(29,30)31)13-21(15-35(24)25)37-20-4-2-3-18(28)12-20/h2-5,8,11-15,19,32H,6-7,9-10H2,1H3,(H,34,36). The van der Waals surface area contributed by atoms with Crippen LogP contribution in [0, 0.1) is 12.7 Å². The van der Waals surface area contributed by atoms with Crippen LogP contribution in [0.15, 0.2) is 70.7 Å². The maximum atomic E-state index is 13.7. The molecule has 10 heteroatoms. The van der Waals surface area contributed by atoms with Crippen molar-refractivity contribution < 1.29 is 22.4 Å². The fourth-order valence-electron chi connectivity index (χ4n) is 4.04. The third-order valence-corrected chi connectivity index (χ3v) is 6.96. The van der Waals surface area contributed by atoms with Gasteiger partial charge in [0.15, 0.2) is 5.65 Å². The average Bonchev–Trinajstić information content (AvgIpc) is 3.53. The van der Waals surface area contributed by atoms with Crippen molar-refractivity contribution in [3.8, 4) is 11.3 Å². The number of benzene rings is 2. The number of halogens is 4. The maximum Gasteiger partial charge on any atom is 0.390 e. The number of rotatable bonds is 8. The van der Waals surface area contributed by atoms with Crippen LogP contribution in [0.5, 0.6) is 0 Å². The number of alkyl halides is 3. The Bertz CT molecular complexity index is 1460. The van der Waals surface area contributed by atoms with Crippen LogP contribution in [0.4, 0.5) is 23.2 Å². The smallest absolute Gasteiger partial charge is 0.382 e. The molecule has 37 heavy (non-hydrogen) atoms. The molecule has 5 nitrogen and oxygen atoms in total. The number of amides is 1. The molecule has 1 fully saturated rings. The number of carbonyl (C=O) groups is 1. The zero-order chi connectivity index (χ0) is 26.2. The Hall–Kier alpha value is -3.53. The van der Waals surface area contributed by atoms with Crippen LogP contribution in [0.3, 0.4) is 0 Å². The highest BCUT2D eigenvalue weighted by Crippen LogP contribution is 2.34. The SMILES string of the molecule is Cc1cc(-c2cnc3c(NCCC(F)(F)F)cc(Sc4cccc(F)c4)cn23)ccc1C(=O)NC1CC1. The van der Waals surface area contributed by atoms with Crippen LogP contribution in [-0.2, 0) is 0 Å². The first kappa shape index (κ1) is 25.1. The summed E-state index contributed by atoms with van der Waals surface area (Å²) in [6, 6.07) is 13.6. The van der Waals surface area contributed by atoms with Gasteiger partial charge in [0.1, 0.15) is 5.82 Å². The molecule has 2 aromatic carbocycles. The second-order valence-electron chi connectivity index (χ2n) is 9.06. The fraction of sp³-hybridized carbons (Fsp3) is 0.259. The first-order valence-electron chi connectivity index (χ1n) is 11.8. The van der Waals surface area contributed by atoms with Crippen LogP contribution in [0.2, 0.25) is 0 Å². The lowest BCUT2D eigenvalue weighted by molar-refractivity contribution is -0.131. The molecule has 2 heterocycles. The fourth-order valence-corrected chi connectivity index (χ4v) is 4.96. The molecule has 1 saturated carbocycles. The minimum Gasteiger partial charge on any atom is -0.382 e. The van der Waals surface area contributed by atoms with Crippen LogP contribution >= 0.6 is 11.8 Å². The number of pyridine rings is 1. The first-order valence-corrected chi connectivity index (χ1v) is 12.6. The number of carbonyl (C=O) groups excluding carboxylic acids is 1. The van der Waals surface area contributed by atoms with Crippen molar-refractivity contribution in [3.63, 3.8) is 0 Å². The van der Waals surface area contributed by atoms with E-state index in [9.17, 15) is 22.4 Å². The molecule has 4 aromatic rings. The van der Waals surface area contributed by atoms with Crippen molar-refractivity contribution in [3.05, 3.63) is 77.9 Å². The van der Waals surface area contributed by atoms with Gasteiger partial charge < -0.3 is 10.6 Å². The van der Waals surface area contributed by atoms with Gasteiger partial charge in [0.05, 0.1) is 24.0 Å². The molecule has 2 N–H and O–H groups in total. The molecule has 1 aliphatic rings. The van der Waals surface area contributed by atoms with E-state index >= 15 is 0 Å². The van der Waals surface area contributed by atoms with Gasteiger partial charge in [0, 0.05) is 39.7 Å². The third kappa shape index (κ3) is 6.07. The Balaban J connectivity index is 1.51. The van der Waals surface area contributed by atoms with Crippen LogP contribution in [-0.4, -0.2) is 34.1 Å². The van der Waals surface area contributed by atoms with E-state index in [1.54, 1.807) is 34.9 Å². The van der Waals surface area contributed by atoms with Crippen molar-refractivity contribution >= 4 is 29.0 Å². The summed E-state index contributed by atoms with van der Waals surface area (Å²) >= 11 is 1.29. The minimum absolute atomic E-state index is 0.102. The number of fused-ring (bicyclic) bond motifs is 1. The van der Waals surface area contributed by atoms with Gasteiger partial charge in [-0.15, -0.1) is 0 Å². The maximum absolute atomic E-state index is 13.7. The summed E-state index contributed by atoms with van der Waals surface area (Å²) < 4.78 is 53.9. The summed E-state index contributed by atoms with van der Waals surface area (Å²) in [4.78, 5) is 18.4. The highest BCUT2D eigenvalue weighted by molar-refractivity contribution is 7.99. The van der Waals surface area contributed by atoms with Gasteiger partial charge in [-0.05, 0) is 61.7 Å². The average molecular weight is 529 g/mol. The molecule has 0 spiro atoms. The van der Waals surface area contributed by atoms with Crippen molar-refractivity contribution in [1.82, 2.24) is 14.7 Å². The molecule has 0 unspecified atom stereocenters. The van der Waals surface area contributed by atoms with E-state index in [1.165, 1.54) is 23.9 Å². The van der Waals surface area contributed by atoms with Gasteiger partial charge in [-0.25, -0.2) is 9.37 Å². The van der Waals surface area contributed by atoms with E-state index in [0.29, 0.717) is 32.4 Å². The molecule has 2 aromatic heterocycles. The minimum atomic E-state index is -4.29. The predicted octanol–water partition coefficient (Wildman–Crippen LogP) is 6.86. The van der Waals surface area contributed by atoms with E-state index in [4.69, 9.17) is 0 Å². The van der Waals surface area contributed by atoms with E-state index in [0.717, 1.165) is 24.0 Å². The molecule has 0 bridgehead atoms. The van der Waals surface area contributed by atoms with Gasteiger partial charge in [0.2, 0.25) is 0 Å². The Morgan fingerprint density at radius 2 is 1.95 bits per heavy atom. The summed E-state index contributed by atoms with van der Waals surface area (Å²) in [5, 5.41) is 5.86. The Kier molecular flexibility index (Phi) is 6.85. The highest BCUT2D eigenvalue weighted by atomic mass is 32.2. The number of nitrogens with zero attached hydrogens (tertiary/aromatic N) is 2. The third-order valence-electron chi connectivity index (χ3n) is 6.02. The molecule has 1 amide bonds. The molecule has 1 aliphatic carbocycles. The zero-order valence-electron chi connectivity index (χ0n) is 19.9. The number of hydrogen-bond donors (Lipinski definition) is 2. The van der Waals surface area contributed by atoms with Crippen LogP contribution in [0.1, 0.15) is 35.2 Å². The summed E-state index contributed by atoms with van der Waals surface area (Å²) in [7, 11) is 0. The summed E-state index contributed by atoms with van der Waals surface area (Å²) in [5.74, 6) is -0.478. The molecular formula is C27H24F4N4OS. The van der Waals surface area contributed by atoms with Crippen molar-refractivity contribution in [2.75, 3.05) is 11.9 Å². The lowest BCUT2D eigenvalue weighted by Gasteiger charge is -2.13. The molecule has 0 radical (unpaired) electrons. The van der Waals surface area contributed by atoms with Crippen molar-refractivity contribution in [2.24, 2.45) is 0 Å². The molecular weight excluding hydrogens is 504 g/mol. The quantitative estimate of drug-likeness (QED) is 0.246. The lowest BCUT2D eigenvalue weighted by Crippen LogP contribution is -2.26. The highest BCUT2D eigenvalue weighted by Gasteiger charge is 2.27. The van der Waals surface area contributed by atoms with Gasteiger partial charge in [-0.3, -0.25) is 9.20 Å². The molecule has 0 aliphatic heterocycles. The molecule has 0 atom stereocenters. The van der Waals surface area contributed by atoms with Crippen molar-refractivity contribution in [1.29, 1.82) is 0 Å². The zero-order valence-corrected chi connectivity index (χ0v) is 20.7.